The van der Waals surface area contributed by atoms with Crippen LogP contribution in [0.25, 0.3) is 10.9 Å². The van der Waals surface area contributed by atoms with E-state index in [1.54, 1.807) is 10.7 Å². The fourth-order valence-corrected chi connectivity index (χ4v) is 3.00. The molecule has 1 aromatic carbocycles. The maximum absolute atomic E-state index is 11.3. The highest BCUT2D eigenvalue weighted by molar-refractivity contribution is 6.01. The van der Waals surface area contributed by atoms with Crippen molar-refractivity contribution in [2.24, 2.45) is 5.92 Å². The molecule has 0 spiro atoms. The Morgan fingerprint density at radius 3 is 2.65 bits per heavy atom. The Hall–Kier alpha value is -1.88. The van der Waals surface area contributed by atoms with E-state index in [2.05, 4.69) is 5.10 Å². The molecule has 2 N–H and O–H groups in total. The summed E-state index contributed by atoms with van der Waals surface area (Å²) in [7, 11) is 0. The van der Waals surface area contributed by atoms with Gasteiger partial charge in [-0.1, -0.05) is 18.2 Å². The first-order valence-corrected chi connectivity index (χ1v) is 7.02. The molecule has 20 heavy (non-hydrogen) atoms. The van der Waals surface area contributed by atoms with E-state index in [4.69, 9.17) is 0 Å². The van der Waals surface area contributed by atoms with Gasteiger partial charge < -0.3 is 10.2 Å². The van der Waals surface area contributed by atoms with Crippen LogP contribution in [0.15, 0.2) is 24.3 Å². The Balaban J connectivity index is 1.90. The Labute approximate surface area is 116 Å². The summed E-state index contributed by atoms with van der Waals surface area (Å²) in [5.41, 5.74) is 0.993. The molecule has 0 bridgehead atoms. The number of aliphatic hydroxyl groups is 1. The van der Waals surface area contributed by atoms with Crippen LogP contribution in [-0.2, 0) is 6.54 Å². The van der Waals surface area contributed by atoms with E-state index in [9.17, 15) is 15.0 Å². The van der Waals surface area contributed by atoms with Crippen molar-refractivity contribution in [3.8, 4) is 0 Å². The maximum Gasteiger partial charge on any atom is 0.357 e. The lowest BCUT2D eigenvalue weighted by atomic mass is 9.87. The molecule has 0 saturated heterocycles. The number of carboxylic acids is 1. The van der Waals surface area contributed by atoms with E-state index in [0.717, 1.165) is 37.7 Å². The molecule has 2 aromatic rings. The van der Waals surface area contributed by atoms with E-state index in [0.29, 0.717) is 11.3 Å². The van der Waals surface area contributed by atoms with Crippen LogP contribution >= 0.6 is 0 Å². The summed E-state index contributed by atoms with van der Waals surface area (Å²) in [6, 6.07) is 7.44. The largest absolute Gasteiger partial charge is 0.476 e. The molecule has 1 saturated carbocycles. The second-order valence-electron chi connectivity index (χ2n) is 5.53. The fraction of sp³-hybridized carbons (Fsp3) is 0.467. The van der Waals surface area contributed by atoms with Gasteiger partial charge in [0.05, 0.1) is 11.6 Å². The lowest BCUT2D eigenvalue weighted by Crippen LogP contribution is -2.22. The number of benzene rings is 1. The average molecular weight is 274 g/mol. The molecule has 1 heterocycles. The van der Waals surface area contributed by atoms with E-state index < -0.39 is 5.97 Å². The van der Waals surface area contributed by atoms with Gasteiger partial charge in [0.1, 0.15) is 0 Å². The molecule has 1 aliphatic rings. The summed E-state index contributed by atoms with van der Waals surface area (Å²) in [4.78, 5) is 11.3. The van der Waals surface area contributed by atoms with Crippen molar-refractivity contribution in [3.05, 3.63) is 30.0 Å². The van der Waals surface area contributed by atoms with Crippen molar-refractivity contribution in [2.45, 2.75) is 38.3 Å². The zero-order chi connectivity index (χ0) is 14.1. The van der Waals surface area contributed by atoms with Gasteiger partial charge in [0.25, 0.3) is 0 Å². The third-order valence-electron chi connectivity index (χ3n) is 4.11. The normalized spacial score (nSPS) is 23.1. The van der Waals surface area contributed by atoms with Gasteiger partial charge in [-0.2, -0.15) is 5.10 Å². The summed E-state index contributed by atoms with van der Waals surface area (Å²) in [6.45, 7) is 0.723. The van der Waals surface area contributed by atoms with Gasteiger partial charge in [-0.25, -0.2) is 4.79 Å². The SMILES string of the molecule is O=C(O)c1nn(CC2CCC(O)CC2)c2ccccc12. The van der Waals surface area contributed by atoms with Crippen LogP contribution in [0.5, 0.6) is 0 Å². The Kier molecular flexibility index (Phi) is 3.44. The molecule has 0 radical (unpaired) electrons. The van der Waals surface area contributed by atoms with E-state index in [-0.39, 0.29) is 11.8 Å². The zero-order valence-corrected chi connectivity index (χ0v) is 11.2. The van der Waals surface area contributed by atoms with Crippen molar-refractivity contribution in [3.63, 3.8) is 0 Å². The second-order valence-corrected chi connectivity index (χ2v) is 5.53. The van der Waals surface area contributed by atoms with Gasteiger partial charge in [0.15, 0.2) is 5.69 Å². The number of hydrogen-bond acceptors (Lipinski definition) is 3. The Morgan fingerprint density at radius 1 is 1.25 bits per heavy atom. The maximum atomic E-state index is 11.3. The quantitative estimate of drug-likeness (QED) is 0.900. The molecule has 1 aliphatic carbocycles. The van der Waals surface area contributed by atoms with Gasteiger partial charge in [-0.3, -0.25) is 4.68 Å². The standard InChI is InChI=1S/C15H18N2O3/c18-11-7-5-10(6-8-11)9-17-13-4-2-1-3-12(13)14(16-17)15(19)20/h1-4,10-11,18H,5-9H2,(H,19,20). The van der Waals surface area contributed by atoms with Gasteiger partial charge >= 0.3 is 5.97 Å². The van der Waals surface area contributed by atoms with Gasteiger partial charge in [-0.05, 0) is 37.7 Å². The Bertz CT molecular complexity index is 627. The van der Waals surface area contributed by atoms with Crippen molar-refractivity contribution in [2.75, 3.05) is 0 Å². The van der Waals surface area contributed by atoms with Crippen molar-refractivity contribution < 1.29 is 15.0 Å². The van der Waals surface area contributed by atoms with Gasteiger partial charge in [-0.15, -0.1) is 0 Å². The predicted octanol–water partition coefficient (Wildman–Crippen LogP) is 2.29. The lowest BCUT2D eigenvalue weighted by Gasteiger charge is -2.25. The summed E-state index contributed by atoms with van der Waals surface area (Å²) in [5.74, 6) is -0.526. The highest BCUT2D eigenvalue weighted by Gasteiger charge is 2.22. The number of aromatic nitrogens is 2. The third-order valence-corrected chi connectivity index (χ3v) is 4.11. The number of aromatic carboxylic acids is 1. The number of para-hydroxylation sites is 1. The zero-order valence-electron chi connectivity index (χ0n) is 11.2. The third kappa shape index (κ3) is 2.41. The second kappa shape index (κ2) is 5.25. The average Bonchev–Trinajstić information content (AvgIpc) is 2.81. The van der Waals surface area contributed by atoms with Gasteiger partial charge in [0, 0.05) is 11.9 Å². The molecule has 3 rings (SSSR count). The first kappa shape index (κ1) is 13.1. The van der Waals surface area contributed by atoms with Crippen LogP contribution in [0.3, 0.4) is 0 Å². The first-order chi connectivity index (χ1) is 9.65. The minimum absolute atomic E-state index is 0.122. The summed E-state index contributed by atoms with van der Waals surface area (Å²) < 4.78 is 1.81. The number of hydrogen-bond donors (Lipinski definition) is 2. The minimum Gasteiger partial charge on any atom is -0.476 e. The number of carboxylic acid groups (broad SMARTS) is 1. The molecule has 0 amide bonds. The fourth-order valence-electron chi connectivity index (χ4n) is 3.00. The minimum atomic E-state index is -0.987. The molecule has 0 aliphatic heterocycles. The van der Waals surface area contributed by atoms with Crippen molar-refractivity contribution in [1.82, 2.24) is 9.78 Å². The van der Waals surface area contributed by atoms with E-state index in [1.807, 2.05) is 18.2 Å². The highest BCUT2D eigenvalue weighted by atomic mass is 16.4. The number of nitrogens with zero attached hydrogens (tertiary/aromatic N) is 2. The van der Waals surface area contributed by atoms with E-state index >= 15 is 0 Å². The van der Waals surface area contributed by atoms with Crippen LogP contribution in [-0.4, -0.2) is 32.1 Å². The molecule has 0 atom stereocenters. The summed E-state index contributed by atoms with van der Waals surface area (Å²) in [6.07, 6.45) is 3.43. The number of fused-ring (bicyclic) bond motifs is 1. The van der Waals surface area contributed by atoms with Crippen LogP contribution in [0.1, 0.15) is 36.2 Å². The molecule has 1 fully saturated rings. The molecular weight excluding hydrogens is 256 g/mol. The summed E-state index contributed by atoms with van der Waals surface area (Å²) in [5, 5.41) is 23.7. The number of rotatable bonds is 3. The monoisotopic (exact) mass is 274 g/mol. The number of aliphatic hydroxyl groups excluding tert-OH is 1. The van der Waals surface area contributed by atoms with Crippen LogP contribution in [0, 0.1) is 5.92 Å². The van der Waals surface area contributed by atoms with Crippen molar-refractivity contribution >= 4 is 16.9 Å². The van der Waals surface area contributed by atoms with Crippen LogP contribution in [0.2, 0.25) is 0 Å². The molecule has 5 heteroatoms. The molecule has 1 aromatic heterocycles. The molecule has 5 nitrogen and oxygen atoms in total. The highest BCUT2D eigenvalue weighted by Crippen LogP contribution is 2.27. The van der Waals surface area contributed by atoms with Crippen molar-refractivity contribution in [1.29, 1.82) is 0 Å². The Morgan fingerprint density at radius 2 is 1.95 bits per heavy atom. The molecular formula is C15H18N2O3. The first-order valence-electron chi connectivity index (χ1n) is 7.02. The number of carbonyl (C=O) groups is 1. The topological polar surface area (TPSA) is 75.3 Å². The van der Waals surface area contributed by atoms with Gasteiger partial charge in [0.2, 0.25) is 0 Å². The van der Waals surface area contributed by atoms with E-state index in [1.165, 1.54) is 0 Å². The van der Waals surface area contributed by atoms with Crippen LogP contribution in [0.4, 0.5) is 0 Å². The van der Waals surface area contributed by atoms with Crippen LogP contribution < -0.4 is 0 Å². The predicted molar refractivity (Wildman–Crippen MR) is 74.7 cm³/mol. The smallest absolute Gasteiger partial charge is 0.357 e. The summed E-state index contributed by atoms with van der Waals surface area (Å²) >= 11 is 0. The lowest BCUT2D eigenvalue weighted by molar-refractivity contribution is 0.0691. The molecule has 106 valence electrons. The molecule has 0 unspecified atom stereocenters.